The molecule has 0 aliphatic rings. The Kier molecular flexibility index (Phi) is 4.33. The van der Waals surface area contributed by atoms with E-state index in [1.165, 1.54) is 10.9 Å². The van der Waals surface area contributed by atoms with Crippen LogP contribution in [0.2, 0.25) is 0 Å². The predicted molar refractivity (Wildman–Crippen MR) is 74.9 cm³/mol. The van der Waals surface area contributed by atoms with Gasteiger partial charge < -0.3 is 5.73 Å². The molecule has 96 valence electrons. The van der Waals surface area contributed by atoms with Crippen molar-refractivity contribution in [2.45, 2.75) is 20.0 Å². The minimum absolute atomic E-state index is 0.223. The van der Waals surface area contributed by atoms with Crippen molar-refractivity contribution in [3.05, 3.63) is 52.0 Å². The average molecular weight is 264 g/mol. The fraction of sp³-hybridized carbons (Fsp3) is 0.286. The summed E-state index contributed by atoms with van der Waals surface area (Å²) in [5.41, 5.74) is 6.95. The first-order valence-corrected chi connectivity index (χ1v) is 6.86. The first kappa shape index (κ1) is 13.1. The van der Waals surface area contributed by atoms with E-state index in [1.807, 2.05) is 6.07 Å². The molecule has 0 saturated heterocycles. The summed E-state index contributed by atoms with van der Waals surface area (Å²) in [6.07, 6.45) is 0. The van der Waals surface area contributed by atoms with Gasteiger partial charge in [0.1, 0.15) is 5.82 Å². The van der Waals surface area contributed by atoms with Crippen LogP contribution in [0, 0.1) is 5.82 Å². The number of nitrogens with two attached hydrogens (primary N) is 1. The zero-order valence-electron chi connectivity index (χ0n) is 10.4. The number of rotatable bonds is 5. The fourth-order valence-corrected chi connectivity index (χ4v) is 2.61. The van der Waals surface area contributed by atoms with Crippen molar-refractivity contribution < 1.29 is 4.39 Å². The summed E-state index contributed by atoms with van der Waals surface area (Å²) in [5, 5.41) is 2.06. The maximum atomic E-state index is 13.7. The van der Waals surface area contributed by atoms with Crippen molar-refractivity contribution in [3.63, 3.8) is 0 Å². The molecule has 0 aliphatic heterocycles. The summed E-state index contributed by atoms with van der Waals surface area (Å²) in [4.78, 5) is 3.47. The summed E-state index contributed by atoms with van der Waals surface area (Å²) >= 11 is 1.72. The molecule has 1 heterocycles. The van der Waals surface area contributed by atoms with E-state index in [0.29, 0.717) is 17.8 Å². The lowest BCUT2D eigenvalue weighted by atomic mass is 10.1. The zero-order valence-corrected chi connectivity index (χ0v) is 11.2. The van der Waals surface area contributed by atoms with Gasteiger partial charge in [0.05, 0.1) is 0 Å². The molecule has 1 aromatic carbocycles. The first-order valence-electron chi connectivity index (χ1n) is 5.98. The lowest BCUT2D eigenvalue weighted by molar-refractivity contribution is 0.270. The van der Waals surface area contributed by atoms with E-state index >= 15 is 0 Å². The Morgan fingerprint density at radius 2 is 2.06 bits per heavy atom. The highest BCUT2D eigenvalue weighted by Crippen LogP contribution is 2.20. The second-order valence-corrected chi connectivity index (χ2v) is 5.22. The van der Waals surface area contributed by atoms with Crippen molar-refractivity contribution >= 4 is 17.0 Å². The number of nitrogen functional groups attached to an aromatic ring is 1. The fourth-order valence-electron chi connectivity index (χ4n) is 1.87. The molecule has 0 saturated carbocycles. The molecule has 1 aromatic heterocycles. The molecule has 0 fully saturated rings. The van der Waals surface area contributed by atoms with Crippen molar-refractivity contribution in [2.24, 2.45) is 0 Å². The molecule has 0 atom stereocenters. The first-order chi connectivity index (χ1) is 8.70. The molecule has 2 nitrogen and oxygen atoms in total. The van der Waals surface area contributed by atoms with Crippen LogP contribution in [0.25, 0.3) is 0 Å². The van der Waals surface area contributed by atoms with Crippen LogP contribution in [0.1, 0.15) is 17.4 Å². The maximum Gasteiger partial charge on any atom is 0.129 e. The number of thiophene rings is 1. The molecule has 0 amide bonds. The van der Waals surface area contributed by atoms with E-state index in [-0.39, 0.29) is 5.82 Å². The van der Waals surface area contributed by atoms with Crippen LogP contribution in [-0.4, -0.2) is 11.4 Å². The topological polar surface area (TPSA) is 29.3 Å². The summed E-state index contributed by atoms with van der Waals surface area (Å²) in [6.45, 7) is 4.32. The molecular formula is C14H17FN2S. The Morgan fingerprint density at radius 1 is 1.22 bits per heavy atom. The van der Waals surface area contributed by atoms with Crippen LogP contribution in [0.3, 0.4) is 0 Å². The summed E-state index contributed by atoms with van der Waals surface area (Å²) in [6, 6.07) is 8.98. The van der Waals surface area contributed by atoms with E-state index in [2.05, 4.69) is 23.3 Å². The average Bonchev–Trinajstić information content (AvgIpc) is 2.85. The second-order valence-electron chi connectivity index (χ2n) is 4.19. The number of anilines is 1. The van der Waals surface area contributed by atoms with Gasteiger partial charge in [0.2, 0.25) is 0 Å². The molecule has 2 N–H and O–H groups in total. The normalized spacial score (nSPS) is 11.1. The highest BCUT2D eigenvalue weighted by molar-refractivity contribution is 7.09. The van der Waals surface area contributed by atoms with E-state index < -0.39 is 0 Å². The van der Waals surface area contributed by atoms with E-state index in [4.69, 9.17) is 5.73 Å². The van der Waals surface area contributed by atoms with Gasteiger partial charge in [0, 0.05) is 29.2 Å². The van der Waals surface area contributed by atoms with Gasteiger partial charge in [0.25, 0.3) is 0 Å². The van der Waals surface area contributed by atoms with Crippen molar-refractivity contribution in [1.82, 2.24) is 4.90 Å². The van der Waals surface area contributed by atoms with Crippen LogP contribution in [0.4, 0.5) is 10.1 Å². The third kappa shape index (κ3) is 3.09. The summed E-state index contributed by atoms with van der Waals surface area (Å²) in [7, 11) is 0. The van der Waals surface area contributed by atoms with Gasteiger partial charge in [-0.2, -0.15) is 0 Å². The predicted octanol–water partition coefficient (Wildman–Crippen LogP) is 3.49. The van der Waals surface area contributed by atoms with Gasteiger partial charge >= 0.3 is 0 Å². The van der Waals surface area contributed by atoms with Crippen LogP contribution < -0.4 is 5.73 Å². The van der Waals surface area contributed by atoms with Crippen molar-refractivity contribution in [3.8, 4) is 0 Å². The monoisotopic (exact) mass is 264 g/mol. The molecule has 0 radical (unpaired) electrons. The third-order valence-corrected chi connectivity index (χ3v) is 3.80. The second kappa shape index (κ2) is 5.98. The van der Waals surface area contributed by atoms with Crippen molar-refractivity contribution in [2.75, 3.05) is 12.3 Å². The van der Waals surface area contributed by atoms with E-state index in [9.17, 15) is 4.39 Å². The minimum atomic E-state index is -0.223. The highest BCUT2D eigenvalue weighted by Gasteiger charge is 2.11. The molecule has 2 rings (SSSR count). The van der Waals surface area contributed by atoms with Gasteiger partial charge in [-0.3, -0.25) is 4.90 Å². The Bertz CT molecular complexity index is 476. The molecule has 2 aromatic rings. The molecule has 4 heteroatoms. The van der Waals surface area contributed by atoms with Gasteiger partial charge in [-0.15, -0.1) is 11.3 Å². The number of hydrogen-bond donors (Lipinski definition) is 1. The Balaban J connectivity index is 2.10. The third-order valence-electron chi connectivity index (χ3n) is 2.94. The quantitative estimate of drug-likeness (QED) is 0.838. The number of hydrogen-bond acceptors (Lipinski definition) is 3. The van der Waals surface area contributed by atoms with E-state index in [0.717, 1.165) is 13.1 Å². The van der Waals surface area contributed by atoms with E-state index in [1.54, 1.807) is 23.5 Å². The smallest absolute Gasteiger partial charge is 0.129 e. The lowest BCUT2D eigenvalue weighted by Gasteiger charge is -2.20. The zero-order chi connectivity index (χ0) is 13.0. The van der Waals surface area contributed by atoms with Gasteiger partial charge in [-0.25, -0.2) is 4.39 Å². The summed E-state index contributed by atoms with van der Waals surface area (Å²) in [5.74, 6) is -0.223. The van der Waals surface area contributed by atoms with Crippen LogP contribution in [0.5, 0.6) is 0 Å². The Hall–Kier alpha value is -1.39. The number of benzene rings is 1. The van der Waals surface area contributed by atoms with Crippen LogP contribution >= 0.6 is 11.3 Å². The van der Waals surface area contributed by atoms with Gasteiger partial charge in [-0.05, 0) is 30.1 Å². The van der Waals surface area contributed by atoms with Crippen LogP contribution in [0.15, 0.2) is 35.7 Å². The Labute approximate surface area is 111 Å². The minimum Gasteiger partial charge on any atom is -0.398 e. The van der Waals surface area contributed by atoms with Gasteiger partial charge in [0.15, 0.2) is 0 Å². The van der Waals surface area contributed by atoms with Gasteiger partial charge in [-0.1, -0.05) is 19.1 Å². The molecular weight excluding hydrogens is 247 g/mol. The summed E-state index contributed by atoms with van der Waals surface area (Å²) < 4.78 is 13.7. The Morgan fingerprint density at radius 3 is 2.67 bits per heavy atom. The molecule has 0 unspecified atom stereocenters. The maximum absolute atomic E-state index is 13.7. The number of nitrogens with zero attached hydrogens (tertiary/aromatic N) is 1. The van der Waals surface area contributed by atoms with Crippen LogP contribution in [-0.2, 0) is 13.1 Å². The highest BCUT2D eigenvalue weighted by atomic mass is 32.1. The molecule has 0 spiro atoms. The standard InChI is InChI=1S/C14H17FN2S/c1-2-17(9-11-5-4-8-18-11)10-12-13(15)6-3-7-14(12)16/h3-8H,2,9-10,16H2,1H3. The molecule has 18 heavy (non-hydrogen) atoms. The number of halogens is 1. The molecule has 0 aliphatic carbocycles. The molecule has 0 bridgehead atoms. The SMILES string of the molecule is CCN(Cc1cccs1)Cc1c(N)cccc1F. The largest absolute Gasteiger partial charge is 0.398 e. The van der Waals surface area contributed by atoms with Crippen molar-refractivity contribution in [1.29, 1.82) is 0 Å². The lowest BCUT2D eigenvalue weighted by Crippen LogP contribution is -2.23.